The lowest BCUT2D eigenvalue weighted by molar-refractivity contribution is 0.352. The summed E-state index contributed by atoms with van der Waals surface area (Å²) in [5.74, 6) is 0.862. The summed E-state index contributed by atoms with van der Waals surface area (Å²) >= 11 is 0. The molecule has 0 spiro atoms. The summed E-state index contributed by atoms with van der Waals surface area (Å²) in [6, 6.07) is 3.15. The maximum absolute atomic E-state index is 12.5. The molecule has 8 nitrogen and oxygen atoms in total. The van der Waals surface area contributed by atoms with Crippen LogP contribution in [0, 0.1) is 0 Å². The van der Waals surface area contributed by atoms with Crippen molar-refractivity contribution in [1.29, 1.82) is 0 Å². The zero-order chi connectivity index (χ0) is 19.6. The SMILES string of the molecule is CCCCn1c(O)c([C@@H]2NCCc3cc(OC)c(OC)cc32)c(=O)[nH]c1=O. The molecule has 0 radical (unpaired) electrons. The molecule has 0 amide bonds. The van der Waals surface area contributed by atoms with Gasteiger partial charge in [0.1, 0.15) is 0 Å². The minimum atomic E-state index is -0.599. The van der Waals surface area contributed by atoms with E-state index in [1.54, 1.807) is 14.2 Å². The van der Waals surface area contributed by atoms with Crippen LogP contribution in [0.1, 0.15) is 42.5 Å². The van der Waals surface area contributed by atoms with Crippen LogP contribution in [0.2, 0.25) is 0 Å². The van der Waals surface area contributed by atoms with Crippen LogP contribution in [-0.4, -0.2) is 35.4 Å². The van der Waals surface area contributed by atoms with E-state index in [2.05, 4.69) is 10.3 Å². The average molecular weight is 375 g/mol. The van der Waals surface area contributed by atoms with Crippen molar-refractivity contribution < 1.29 is 14.6 Å². The smallest absolute Gasteiger partial charge is 0.331 e. The molecule has 27 heavy (non-hydrogen) atoms. The molecule has 2 heterocycles. The van der Waals surface area contributed by atoms with E-state index < -0.39 is 17.3 Å². The van der Waals surface area contributed by atoms with E-state index in [1.165, 1.54) is 4.57 Å². The van der Waals surface area contributed by atoms with Gasteiger partial charge in [-0.1, -0.05) is 13.3 Å². The Balaban J connectivity index is 2.17. The molecule has 1 aliphatic rings. The zero-order valence-corrected chi connectivity index (χ0v) is 15.8. The Morgan fingerprint density at radius 2 is 1.93 bits per heavy atom. The second-order valence-electron chi connectivity index (χ2n) is 6.54. The lowest BCUT2D eigenvalue weighted by Crippen LogP contribution is -2.39. The molecule has 0 bridgehead atoms. The zero-order valence-electron chi connectivity index (χ0n) is 15.8. The van der Waals surface area contributed by atoms with Gasteiger partial charge in [-0.15, -0.1) is 0 Å². The number of hydrogen-bond acceptors (Lipinski definition) is 6. The van der Waals surface area contributed by atoms with Crippen LogP contribution in [0.25, 0.3) is 0 Å². The normalized spacial score (nSPS) is 16.0. The molecule has 3 N–H and O–H groups in total. The molecule has 1 aromatic heterocycles. The molecule has 0 aliphatic carbocycles. The van der Waals surface area contributed by atoms with Crippen molar-refractivity contribution >= 4 is 0 Å². The number of benzene rings is 1. The molecule has 1 aliphatic heterocycles. The van der Waals surface area contributed by atoms with Gasteiger partial charge in [0.05, 0.1) is 25.8 Å². The molecule has 0 unspecified atom stereocenters. The number of H-pyrrole nitrogens is 1. The van der Waals surface area contributed by atoms with Crippen molar-refractivity contribution in [3.05, 3.63) is 49.7 Å². The first-order chi connectivity index (χ1) is 13.0. The minimum absolute atomic E-state index is 0.138. The largest absolute Gasteiger partial charge is 0.494 e. The van der Waals surface area contributed by atoms with E-state index in [0.29, 0.717) is 24.6 Å². The van der Waals surface area contributed by atoms with Crippen molar-refractivity contribution in [1.82, 2.24) is 14.9 Å². The molecule has 1 atom stereocenters. The fourth-order valence-corrected chi connectivity index (χ4v) is 3.50. The highest BCUT2D eigenvalue weighted by atomic mass is 16.5. The Labute approximate surface area is 156 Å². The second kappa shape index (κ2) is 7.87. The Bertz CT molecular complexity index is 948. The maximum atomic E-state index is 12.5. The van der Waals surface area contributed by atoms with Crippen molar-refractivity contribution in [2.45, 2.75) is 38.8 Å². The van der Waals surface area contributed by atoms with Gasteiger partial charge in [-0.3, -0.25) is 14.3 Å². The van der Waals surface area contributed by atoms with Crippen LogP contribution in [0.5, 0.6) is 17.4 Å². The highest BCUT2D eigenvalue weighted by Crippen LogP contribution is 2.38. The van der Waals surface area contributed by atoms with Crippen molar-refractivity contribution in [2.75, 3.05) is 20.8 Å². The number of nitrogens with one attached hydrogen (secondary N) is 2. The van der Waals surface area contributed by atoms with Crippen LogP contribution in [0.3, 0.4) is 0 Å². The van der Waals surface area contributed by atoms with Gasteiger partial charge >= 0.3 is 5.69 Å². The third-order valence-corrected chi connectivity index (χ3v) is 4.93. The van der Waals surface area contributed by atoms with Crippen LogP contribution >= 0.6 is 0 Å². The highest BCUT2D eigenvalue weighted by Gasteiger charge is 2.29. The number of aromatic hydroxyl groups is 1. The number of aromatic nitrogens is 2. The van der Waals surface area contributed by atoms with Gasteiger partial charge in [0.25, 0.3) is 5.56 Å². The fraction of sp³-hybridized carbons (Fsp3) is 0.474. The molecule has 3 rings (SSSR count). The number of aromatic amines is 1. The van der Waals surface area contributed by atoms with Crippen molar-refractivity contribution in [3.63, 3.8) is 0 Å². The van der Waals surface area contributed by atoms with E-state index in [4.69, 9.17) is 9.47 Å². The van der Waals surface area contributed by atoms with Crippen LogP contribution in [0.4, 0.5) is 0 Å². The van der Waals surface area contributed by atoms with Gasteiger partial charge in [0.15, 0.2) is 11.5 Å². The third kappa shape index (κ3) is 3.44. The number of fused-ring (bicyclic) bond motifs is 1. The third-order valence-electron chi connectivity index (χ3n) is 4.93. The quantitative estimate of drug-likeness (QED) is 0.703. The lowest BCUT2D eigenvalue weighted by Gasteiger charge is -2.28. The van der Waals surface area contributed by atoms with Gasteiger partial charge in [0.2, 0.25) is 5.88 Å². The Morgan fingerprint density at radius 3 is 2.59 bits per heavy atom. The molecule has 0 saturated carbocycles. The average Bonchev–Trinajstić information content (AvgIpc) is 2.66. The molecule has 146 valence electrons. The van der Waals surface area contributed by atoms with E-state index >= 15 is 0 Å². The Morgan fingerprint density at radius 1 is 1.22 bits per heavy atom. The summed E-state index contributed by atoms with van der Waals surface area (Å²) in [5.41, 5.74) is 0.768. The van der Waals surface area contributed by atoms with E-state index in [1.807, 2.05) is 19.1 Å². The summed E-state index contributed by atoms with van der Waals surface area (Å²) in [5, 5.41) is 14.0. The molecule has 0 fully saturated rings. The monoisotopic (exact) mass is 375 g/mol. The predicted octanol–water partition coefficient (Wildman–Crippen LogP) is 1.29. The molecular formula is C19H25N3O5. The second-order valence-corrected chi connectivity index (χ2v) is 6.54. The predicted molar refractivity (Wildman–Crippen MR) is 101 cm³/mol. The maximum Gasteiger partial charge on any atom is 0.331 e. The molecular weight excluding hydrogens is 350 g/mol. The molecule has 2 aromatic rings. The topological polar surface area (TPSA) is 106 Å². The standard InChI is InChI=1S/C19H25N3O5/c1-4-5-8-22-18(24)15(17(23)21-19(22)25)16-12-10-14(27-3)13(26-2)9-11(12)6-7-20-16/h9-10,16,20,24H,4-8H2,1-3H3,(H,21,23,25)/t16-/m1/s1. The number of ether oxygens (including phenoxy) is 2. The van der Waals surface area contributed by atoms with Crippen molar-refractivity contribution in [2.24, 2.45) is 0 Å². The highest BCUT2D eigenvalue weighted by molar-refractivity contribution is 5.52. The first-order valence-electron chi connectivity index (χ1n) is 9.05. The Kier molecular flexibility index (Phi) is 5.55. The summed E-state index contributed by atoms with van der Waals surface area (Å²) < 4.78 is 12.0. The summed E-state index contributed by atoms with van der Waals surface area (Å²) in [7, 11) is 3.12. The summed E-state index contributed by atoms with van der Waals surface area (Å²) in [6.07, 6.45) is 2.33. The first-order valence-corrected chi connectivity index (χ1v) is 9.05. The number of methoxy groups -OCH3 is 2. The van der Waals surface area contributed by atoms with Crippen molar-refractivity contribution in [3.8, 4) is 17.4 Å². The molecule has 1 aromatic carbocycles. The van der Waals surface area contributed by atoms with Gasteiger partial charge < -0.3 is 19.9 Å². The Hall–Kier alpha value is -2.74. The van der Waals surface area contributed by atoms with Gasteiger partial charge in [-0.25, -0.2) is 4.79 Å². The minimum Gasteiger partial charge on any atom is -0.494 e. The van der Waals surface area contributed by atoms with E-state index in [9.17, 15) is 14.7 Å². The van der Waals surface area contributed by atoms with Gasteiger partial charge in [0, 0.05) is 13.1 Å². The van der Waals surface area contributed by atoms with Gasteiger partial charge in [-0.2, -0.15) is 0 Å². The summed E-state index contributed by atoms with van der Waals surface area (Å²) in [4.78, 5) is 27.0. The lowest BCUT2D eigenvalue weighted by atomic mass is 9.90. The summed E-state index contributed by atoms with van der Waals surface area (Å²) in [6.45, 7) is 2.96. The van der Waals surface area contributed by atoms with Crippen LogP contribution in [-0.2, 0) is 13.0 Å². The van der Waals surface area contributed by atoms with Crippen LogP contribution in [0.15, 0.2) is 21.7 Å². The number of unbranched alkanes of at least 4 members (excludes halogenated alkanes) is 1. The van der Waals surface area contributed by atoms with Crippen LogP contribution < -0.4 is 26.0 Å². The number of nitrogens with zero attached hydrogens (tertiary/aromatic N) is 1. The fourth-order valence-electron chi connectivity index (χ4n) is 3.50. The molecule has 0 saturated heterocycles. The number of rotatable bonds is 6. The number of hydrogen-bond donors (Lipinski definition) is 3. The van der Waals surface area contributed by atoms with E-state index in [0.717, 1.165) is 30.4 Å². The molecule has 8 heteroatoms. The van der Waals surface area contributed by atoms with E-state index in [-0.39, 0.29) is 11.4 Å². The van der Waals surface area contributed by atoms with Gasteiger partial charge in [-0.05, 0) is 36.1 Å². The first kappa shape index (κ1) is 19.0.